The van der Waals surface area contributed by atoms with Crippen molar-refractivity contribution in [3.8, 4) is 0 Å². The molecule has 0 fully saturated rings. The Balaban J connectivity index is 2.64. The van der Waals surface area contributed by atoms with Gasteiger partial charge < -0.3 is 10.2 Å². The van der Waals surface area contributed by atoms with Gasteiger partial charge in [0.25, 0.3) is 0 Å². The molecule has 0 bridgehead atoms. The second-order valence-electron chi connectivity index (χ2n) is 6.13. The summed E-state index contributed by atoms with van der Waals surface area (Å²) in [4.78, 5) is 0. The summed E-state index contributed by atoms with van der Waals surface area (Å²) in [6.45, 7) is 7.59. The third-order valence-corrected chi connectivity index (χ3v) is 4.86. The van der Waals surface area contributed by atoms with E-state index in [1.165, 1.54) is 0 Å². The van der Waals surface area contributed by atoms with E-state index in [9.17, 15) is 10.2 Å². The molecule has 1 aliphatic carbocycles. The van der Waals surface area contributed by atoms with Crippen molar-refractivity contribution in [3.63, 3.8) is 0 Å². The minimum atomic E-state index is -1.32. The van der Waals surface area contributed by atoms with Gasteiger partial charge in [0.1, 0.15) is 5.60 Å². The van der Waals surface area contributed by atoms with Crippen LogP contribution in [0.25, 0.3) is 5.57 Å². The summed E-state index contributed by atoms with van der Waals surface area (Å²) in [6.07, 6.45) is 0.911. The molecule has 0 saturated heterocycles. The smallest absolute Gasteiger partial charge is 0.116 e. The molecular formula is C18H23ClO2. The van der Waals surface area contributed by atoms with Crippen molar-refractivity contribution in [3.05, 3.63) is 52.6 Å². The Morgan fingerprint density at radius 2 is 1.71 bits per heavy atom. The van der Waals surface area contributed by atoms with Gasteiger partial charge in [-0.1, -0.05) is 62.7 Å². The molecule has 1 aliphatic rings. The van der Waals surface area contributed by atoms with Crippen LogP contribution in [-0.4, -0.2) is 21.9 Å². The van der Waals surface area contributed by atoms with Crippen LogP contribution < -0.4 is 0 Å². The summed E-state index contributed by atoms with van der Waals surface area (Å²) in [7, 11) is 0. The van der Waals surface area contributed by atoms with Crippen molar-refractivity contribution in [1.82, 2.24) is 0 Å². The van der Waals surface area contributed by atoms with Crippen LogP contribution in [-0.2, 0) is 0 Å². The number of hydrogen-bond acceptors (Lipinski definition) is 2. The lowest BCUT2D eigenvalue weighted by atomic mass is 9.72. The first-order valence-corrected chi connectivity index (χ1v) is 7.75. The van der Waals surface area contributed by atoms with Crippen LogP contribution >= 0.6 is 11.6 Å². The number of rotatable bonds is 3. The van der Waals surface area contributed by atoms with Gasteiger partial charge >= 0.3 is 0 Å². The monoisotopic (exact) mass is 306 g/mol. The maximum Gasteiger partial charge on any atom is 0.116 e. The molecule has 0 spiro atoms. The molecule has 0 aromatic heterocycles. The molecule has 1 aromatic carbocycles. The van der Waals surface area contributed by atoms with Crippen LogP contribution in [0.3, 0.4) is 0 Å². The van der Waals surface area contributed by atoms with E-state index in [2.05, 4.69) is 13.8 Å². The number of halogens is 1. The summed E-state index contributed by atoms with van der Waals surface area (Å²) in [5.41, 5.74) is 1.68. The van der Waals surface area contributed by atoms with Gasteiger partial charge in [-0.05, 0) is 35.6 Å². The maximum atomic E-state index is 10.8. The molecule has 114 valence electrons. The molecule has 0 amide bonds. The van der Waals surface area contributed by atoms with Crippen LogP contribution in [0.1, 0.15) is 33.3 Å². The van der Waals surface area contributed by atoms with E-state index in [-0.39, 0.29) is 11.8 Å². The Morgan fingerprint density at radius 3 is 2.19 bits per heavy atom. The molecule has 2 rings (SSSR count). The highest BCUT2D eigenvalue weighted by atomic mass is 35.5. The molecule has 3 heteroatoms. The van der Waals surface area contributed by atoms with Crippen LogP contribution in [0.2, 0.25) is 0 Å². The van der Waals surface area contributed by atoms with Gasteiger partial charge in [-0.25, -0.2) is 0 Å². The van der Waals surface area contributed by atoms with Gasteiger partial charge in [0, 0.05) is 11.0 Å². The normalized spacial score (nSPS) is 27.8. The average Bonchev–Trinajstić information content (AvgIpc) is 2.45. The molecule has 3 atom stereocenters. The van der Waals surface area contributed by atoms with Crippen LogP contribution in [0, 0.1) is 11.8 Å². The highest BCUT2D eigenvalue weighted by Gasteiger charge is 2.43. The first-order valence-electron chi connectivity index (χ1n) is 7.37. The van der Waals surface area contributed by atoms with Crippen molar-refractivity contribution >= 4 is 17.2 Å². The molecule has 0 saturated carbocycles. The zero-order valence-electron chi connectivity index (χ0n) is 13.0. The SMILES string of the molecule is CC(C)C1=CC(O)(C(C)O)C(C)C(Cl)=C1c1ccccc1. The number of allylic oxidation sites excluding steroid dienone is 2. The average molecular weight is 307 g/mol. The predicted octanol–water partition coefficient (Wildman–Crippen LogP) is 3.98. The molecule has 2 nitrogen and oxygen atoms in total. The van der Waals surface area contributed by atoms with Gasteiger partial charge in [0.2, 0.25) is 0 Å². The van der Waals surface area contributed by atoms with E-state index in [0.29, 0.717) is 5.03 Å². The van der Waals surface area contributed by atoms with Crippen molar-refractivity contribution in [2.45, 2.75) is 39.4 Å². The van der Waals surface area contributed by atoms with Crippen LogP contribution in [0.5, 0.6) is 0 Å². The second-order valence-corrected chi connectivity index (χ2v) is 6.54. The number of benzene rings is 1. The predicted molar refractivity (Wildman–Crippen MR) is 87.9 cm³/mol. The zero-order chi connectivity index (χ0) is 15.8. The van der Waals surface area contributed by atoms with Crippen molar-refractivity contribution < 1.29 is 10.2 Å². The first-order chi connectivity index (χ1) is 9.79. The fourth-order valence-corrected chi connectivity index (χ4v) is 3.24. The topological polar surface area (TPSA) is 40.5 Å². The zero-order valence-corrected chi connectivity index (χ0v) is 13.7. The van der Waals surface area contributed by atoms with Gasteiger partial charge in [-0.3, -0.25) is 0 Å². The number of hydrogen-bond donors (Lipinski definition) is 2. The van der Waals surface area contributed by atoms with Crippen LogP contribution in [0.15, 0.2) is 47.0 Å². The molecule has 1 aromatic rings. The van der Waals surface area contributed by atoms with Gasteiger partial charge in [0.15, 0.2) is 0 Å². The third kappa shape index (κ3) is 2.80. The summed E-state index contributed by atoms with van der Waals surface area (Å²) in [5.74, 6) is -0.149. The van der Waals surface area contributed by atoms with Crippen molar-refractivity contribution in [1.29, 1.82) is 0 Å². The van der Waals surface area contributed by atoms with Crippen molar-refractivity contribution in [2.75, 3.05) is 0 Å². The second kappa shape index (κ2) is 5.96. The molecule has 21 heavy (non-hydrogen) atoms. The quantitative estimate of drug-likeness (QED) is 0.887. The molecule has 0 aliphatic heterocycles. The summed E-state index contributed by atoms with van der Waals surface area (Å²) in [5, 5.41) is 21.4. The van der Waals surface area contributed by atoms with Crippen LogP contribution in [0.4, 0.5) is 0 Å². The van der Waals surface area contributed by atoms with E-state index in [4.69, 9.17) is 11.6 Å². The minimum Gasteiger partial charge on any atom is -0.390 e. The minimum absolute atomic E-state index is 0.201. The first kappa shape index (κ1) is 16.3. The van der Waals surface area contributed by atoms with E-state index in [1.54, 1.807) is 13.0 Å². The molecule has 0 heterocycles. The largest absolute Gasteiger partial charge is 0.390 e. The number of aliphatic hydroxyl groups is 2. The Kier molecular flexibility index (Phi) is 4.62. The molecule has 2 N–H and O–H groups in total. The lowest BCUT2D eigenvalue weighted by molar-refractivity contribution is -0.0555. The van der Waals surface area contributed by atoms with Crippen molar-refractivity contribution in [2.24, 2.45) is 11.8 Å². The maximum absolute atomic E-state index is 10.8. The van der Waals surface area contributed by atoms with E-state index in [1.807, 2.05) is 37.3 Å². The fourth-order valence-electron chi connectivity index (χ4n) is 2.85. The molecular weight excluding hydrogens is 284 g/mol. The standard InChI is InChI=1S/C18H23ClO2/c1-11(2)15-10-18(21,13(4)20)12(3)17(19)16(15)14-8-6-5-7-9-14/h5-13,20-21H,1-4H3. The van der Waals surface area contributed by atoms with Gasteiger partial charge in [0.05, 0.1) is 6.10 Å². The highest BCUT2D eigenvalue weighted by Crippen LogP contribution is 2.46. The van der Waals surface area contributed by atoms with Gasteiger partial charge in [-0.2, -0.15) is 0 Å². The number of aliphatic hydroxyl groups excluding tert-OH is 1. The summed E-state index contributed by atoms with van der Waals surface area (Å²) in [6, 6.07) is 9.96. The third-order valence-electron chi connectivity index (χ3n) is 4.34. The van der Waals surface area contributed by atoms with E-state index >= 15 is 0 Å². The Labute approximate surface area is 131 Å². The summed E-state index contributed by atoms with van der Waals surface area (Å²) >= 11 is 6.60. The lowest BCUT2D eigenvalue weighted by Crippen LogP contribution is -2.47. The fraction of sp³-hybridized carbons (Fsp3) is 0.444. The lowest BCUT2D eigenvalue weighted by Gasteiger charge is -2.40. The van der Waals surface area contributed by atoms with E-state index in [0.717, 1.165) is 16.7 Å². The van der Waals surface area contributed by atoms with E-state index < -0.39 is 11.7 Å². The Hall–Kier alpha value is -1.09. The van der Waals surface area contributed by atoms with Gasteiger partial charge in [-0.15, -0.1) is 0 Å². The highest BCUT2D eigenvalue weighted by molar-refractivity contribution is 6.34. The Bertz CT molecular complexity index is 572. The molecule has 3 unspecified atom stereocenters. The molecule has 0 radical (unpaired) electrons. The Morgan fingerprint density at radius 1 is 1.14 bits per heavy atom. The summed E-state index contributed by atoms with van der Waals surface area (Å²) < 4.78 is 0.